The van der Waals surface area contributed by atoms with E-state index in [0.717, 1.165) is 16.7 Å². The second-order valence-electron chi connectivity index (χ2n) is 7.21. The Morgan fingerprint density at radius 2 is 1.53 bits per heavy atom. The van der Waals surface area contributed by atoms with Gasteiger partial charge in [-0.15, -0.1) is 0 Å². The zero-order valence-corrected chi connectivity index (χ0v) is 18.2. The largest absolute Gasteiger partial charge is 0.341 e. The number of carbonyl (C=O) groups is 1. The van der Waals surface area contributed by atoms with E-state index in [4.69, 9.17) is 0 Å². The van der Waals surface area contributed by atoms with Crippen molar-refractivity contribution in [3.05, 3.63) is 101 Å². The van der Waals surface area contributed by atoms with Crippen molar-refractivity contribution < 1.29 is 13.2 Å². The number of nitrogens with one attached hydrogen (secondary N) is 2. The molecule has 0 spiro atoms. The third-order valence-corrected chi connectivity index (χ3v) is 6.46. The highest BCUT2D eigenvalue weighted by Crippen LogP contribution is 2.24. The van der Waals surface area contributed by atoms with E-state index in [1.54, 1.807) is 19.9 Å². The van der Waals surface area contributed by atoms with Gasteiger partial charge in [0.15, 0.2) is 0 Å². The summed E-state index contributed by atoms with van der Waals surface area (Å²) < 4.78 is 27.2. The molecule has 0 heterocycles. The molecule has 0 aliphatic rings. The molecular weight excluding hydrogens is 396 g/mol. The molecule has 5 nitrogen and oxygen atoms in total. The number of sulfonamides is 1. The van der Waals surface area contributed by atoms with E-state index in [-0.39, 0.29) is 23.4 Å². The second-order valence-corrected chi connectivity index (χ2v) is 8.97. The Bertz CT molecular complexity index is 1120. The highest BCUT2D eigenvalue weighted by Gasteiger charge is 2.21. The van der Waals surface area contributed by atoms with Crippen LogP contribution in [0, 0.1) is 13.8 Å². The Hall–Kier alpha value is -2.96. The number of benzene rings is 3. The highest BCUT2D eigenvalue weighted by molar-refractivity contribution is 7.89. The summed E-state index contributed by atoms with van der Waals surface area (Å²) in [5, 5.41) is 3.08. The molecule has 0 saturated carbocycles. The van der Waals surface area contributed by atoms with Gasteiger partial charge in [0.25, 0.3) is 5.91 Å². The van der Waals surface area contributed by atoms with Crippen LogP contribution in [0.15, 0.2) is 77.7 Å². The first kappa shape index (κ1) is 21.7. The topological polar surface area (TPSA) is 75.3 Å². The molecule has 0 radical (unpaired) electrons. The van der Waals surface area contributed by atoms with Crippen LogP contribution in [-0.2, 0) is 10.0 Å². The van der Waals surface area contributed by atoms with Crippen LogP contribution < -0.4 is 10.0 Å². The molecule has 0 aliphatic heterocycles. The Morgan fingerprint density at radius 1 is 0.900 bits per heavy atom. The van der Waals surface area contributed by atoms with Crippen LogP contribution >= 0.6 is 0 Å². The van der Waals surface area contributed by atoms with E-state index in [1.165, 1.54) is 12.1 Å². The van der Waals surface area contributed by atoms with Gasteiger partial charge in [-0.2, -0.15) is 0 Å². The summed E-state index contributed by atoms with van der Waals surface area (Å²) in [7, 11) is -3.65. The Labute approximate surface area is 178 Å². The van der Waals surface area contributed by atoms with Crippen LogP contribution in [0.2, 0.25) is 0 Å². The molecule has 3 aromatic rings. The van der Waals surface area contributed by atoms with Crippen molar-refractivity contribution >= 4 is 15.9 Å². The smallest absolute Gasteiger partial charge is 0.252 e. The Balaban J connectivity index is 1.98. The maximum Gasteiger partial charge on any atom is 0.252 e. The van der Waals surface area contributed by atoms with Gasteiger partial charge in [-0.3, -0.25) is 4.79 Å². The summed E-state index contributed by atoms with van der Waals surface area (Å²) in [5.41, 5.74) is 4.08. The molecule has 1 unspecified atom stereocenters. The lowest BCUT2D eigenvalue weighted by Crippen LogP contribution is -2.30. The number of amides is 1. The number of rotatable bonds is 7. The molecule has 3 rings (SSSR count). The zero-order valence-electron chi connectivity index (χ0n) is 17.3. The summed E-state index contributed by atoms with van der Waals surface area (Å²) in [6, 6.07) is 21.9. The van der Waals surface area contributed by atoms with Gasteiger partial charge in [0.05, 0.1) is 10.9 Å². The summed E-state index contributed by atoms with van der Waals surface area (Å²) in [6.45, 7) is 5.80. The van der Waals surface area contributed by atoms with Crippen LogP contribution in [0.3, 0.4) is 0 Å². The van der Waals surface area contributed by atoms with E-state index in [0.29, 0.717) is 11.1 Å². The Kier molecular flexibility index (Phi) is 6.70. The molecule has 1 atom stereocenters. The summed E-state index contributed by atoms with van der Waals surface area (Å²) in [5.74, 6) is -0.324. The minimum absolute atomic E-state index is 0.0756. The second kappa shape index (κ2) is 9.24. The van der Waals surface area contributed by atoms with Crippen LogP contribution in [-0.4, -0.2) is 20.9 Å². The molecular formula is C24H26N2O3S. The minimum atomic E-state index is -3.65. The zero-order chi connectivity index (χ0) is 21.7. The van der Waals surface area contributed by atoms with Crippen molar-refractivity contribution in [1.82, 2.24) is 10.0 Å². The van der Waals surface area contributed by atoms with Gasteiger partial charge in [-0.1, -0.05) is 73.2 Å². The van der Waals surface area contributed by atoms with E-state index in [1.807, 2.05) is 61.5 Å². The van der Waals surface area contributed by atoms with Gasteiger partial charge in [0, 0.05) is 12.1 Å². The maximum absolute atomic E-state index is 13.2. The van der Waals surface area contributed by atoms with Gasteiger partial charge in [-0.05, 0) is 42.7 Å². The molecule has 1 amide bonds. The molecule has 0 saturated heterocycles. The van der Waals surface area contributed by atoms with Crippen molar-refractivity contribution in [2.45, 2.75) is 31.7 Å². The number of carbonyl (C=O) groups excluding carboxylic acids is 1. The minimum Gasteiger partial charge on any atom is -0.341 e. The Morgan fingerprint density at radius 3 is 2.17 bits per heavy atom. The van der Waals surface area contributed by atoms with Gasteiger partial charge < -0.3 is 5.32 Å². The SMILES string of the molecule is CCNS(=O)(=O)c1ccc(C)c(C(=O)NC(c2ccccc2)c2ccc(C)cc2)c1. The average molecular weight is 423 g/mol. The van der Waals surface area contributed by atoms with Crippen molar-refractivity contribution in [2.24, 2.45) is 0 Å². The summed E-state index contributed by atoms with van der Waals surface area (Å²) in [4.78, 5) is 13.3. The first-order valence-corrected chi connectivity index (χ1v) is 11.3. The fourth-order valence-corrected chi connectivity index (χ4v) is 4.33. The van der Waals surface area contributed by atoms with Crippen molar-refractivity contribution in [2.75, 3.05) is 6.54 Å². The van der Waals surface area contributed by atoms with Crippen LogP contribution in [0.1, 0.15) is 45.6 Å². The number of hydrogen-bond acceptors (Lipinski definition) is 3. The fourth-order valence-electron chi connectivity index (χ4n) is 3.26. The molecule has 0 fully saturated rings. The van der Waals surface area contributed by atoms with E-state index < -0.39 is 10.0 Å². The number of hydrogen-bond donors (Lipinski definition) is 2. The van der Waals surface area contributed by atoms with Gasteiger partial charge in [-0.25, -0.2) is 13.1 Å². The van der Waals surface area contributed by atoms with Crippen molar-refractivity contribution in [3.63, 3.8) is 0 Å². The lowest BCUT2D eigenvalue weighted by atomic mass is 9.97. The van der Waals surface area contributed by atoms with E-state index in [9.17, 15) is 13.2 Å². The van der Waals surface area contributed by atoms with Crippen LogP contribution in [0.5, 0.6) is 0 Å². The molecule has 156 valence electrons. The first-order valence-electron chi connectivity index (χ1n) is 9.84. The predicted molar refractivity (Wildman–Crippen MR) is 119 cm³/mol. The standard InChI is InChI=1S/C24H26N2O3S/c1-4-25-30(28,29)21-15-12-18(3)22(16-21)24(27)26-23(19-8-6-5-7-9-19)20-13-10-17(2)11-14-20/h5-16,23,25H,4H2,1-3H3,(H,26,27). The normalized spacial score (nSPS) is 12.4. The van der Waals surface area contributed by atoms with Gasteiger partial charge in [0.1, 0.15) is 0 Å². The molecule has 6 heteroatoms. The van der Waals surface area contributed by atoms with Crippen LogP contribution in [0.25, 0.3) is 0 Å². The molecule has 3 aromatic carbocycles. The fraction of sp³-hybridized carbons (Fsp3) is 0.208. The highest BCUT2D eigenvalue weighted by atomic mass is 32.2. The molecule has 30 heavy (non-hydrogen) atoms. The van der Waals surface area contributed by atoms with Crippen molar-refractivity contribution in [3.8, 4) is 0 Å². The lowest BCUT2D eigenvalue weighted by Gasteiger charge is -2.21. The maximum atomic E-state index is 13.2. The predicted octanol–water partition coefficient (Wildman–Crippen LogP) is 4.12. The lowest BCUT2D eigenvalue weighted by molar-refractivity contribution is 0.0942. The van der Waals surface area contributed by atoms with Gasteiger partial charge in [0.2, 0.25) is 10.0 Å². The quantitative estimate of drug-likeness (QED) is 0.601. The third kappa shape index (κ3) is 4.96. The monoisotopic (exact) mass is 422 g/mol. The molecule has 0 aliphatic carbocycles. The molecule has 0 bridgehead atoms. The first-order chi connectivity index (χ1) is 14.3. The molecule has 0 aromatic heterocycles. The van der Waals surface area contributed by atoms with Crippen LogP contribution in [0.4, 0.5) is 0 Å². The average Bonchev–Trinajstić information content (AvgIpc) is 2.73. The van der Waals surface area contributed by atoms with Crippen molar-refractivity contribution in [1.29, 1.82) is 0 Å². The van der Waals surface area contributed by atoms with E-state index in [2.05, 4.69) is 10.0 Å². The third-order valence-electron chi connectivity index (χ3n) is 4.92. The summed E-state index contributed by atoms with van der Waals surface area (Å²) in [6.07, 6.45) is 0. The van der Waals surface area contributed by atoms with E-state index >= 15 is 0 Å². The molecule has 2 N–H and O–H groups in total. The number of aryl methyl sites for hydroxylation is 2. The summed E-state index contributed by atoms with van der Waals surface area (Å²) >= 11 is 0. The van der Waals surface area contributed by atoms with Gasteiger partial charge >= 0.3 is 0 Å².